The number of amides is 1. The van der Waals surface area contributed by atoms with Gasteiger partial charge in [-0.15, -0.1) is 0 Å². The first kappa shape index (κ1) is 14.8. The molecule has 1 rings (SSSR count). The Morgan fingerprint density at radius 2 is 1.89 bits per heavy atom. The first-order chi connectivity index (χ1) is 8.16. The highest BCUT2D eigenvalue weighted by Crippen LogP contribution is 2.21. The summed E-state index contributed by atoms with van der Waals surface area (Å²) in [7, 11) is 0. The van der Waals surface area contributed by atoms with E-state index in [0.717, 1.165) is 11.3 Å². The van der Waals surface area contributed by atoms with Gasteiger partial charge in [0.2, 0.25) is 0 Å². The standard InChI is InChI=1S/C14H23NO3/c1-8(2)14(6,17)7-15-13(16)12-9(3)10(4)18-11(12)5/h8,17H,7H2,1-6H3,(H,15,16). The molecular formula is C14H23NO3. The molecule has 102 valence electrons. The van der Waals surface area contributed by atoms with Crippen molar-refractivity contribution in [2.75, 3.05) is 6.54 Å². The molecule has 0 aliphatic heterocycles. The fourth-order valence-electron chi connectivity index (χ4n) is 1.68. The molecule has 1 aromatic heterocycles. The molecule has 0 aromatic carbocycles. The van der Waals surface area contributed by atoms with Crippen molar-refractivity contribution in [3.63, 3.8) is 0 Å². The van der Waals surface area contributed by atoms with Crippen LogP contribution in [0.15, 0.2) is 4.42 Å². The number of hydrogen-bond acceptors (Lipinski definition) is 3. The number of hydrogen-bond donors (Lipinski definition) is 2. The molecule has 1 aromatic rings. The Morgan fingerprint density at radius 1 is 1.33 bits per heavy atom. The van der Waals surface area contributed by atoms with Crippen molar-refractivity contribution in [1.82, 2.24) is 5.32 Å². The lowest BCUT2D eigenvalue weighted by Crippen LogP contribution is -2.44. The Labute approximate surface area is 108 Å². The van der Waals surface area contributed by atoms with Crippen LogP contribution in [0.4, 0.5) is 0 Å². The lowest BCUT2D eigenvalue weighted by molar-refractivity contribution is 0.0142. The molecule has 4 nitrogen and oxygen atoms in total. The van der Waals surface area contributed by atoms with Crippen LogP contribution >= 0.6 is 0 Å². The van der Waals surface area contributed by atoms with Gasteiger partial charge in [-0.2, -0.15) is 0 Å². The van der Waals surface area contributed by atoms with Gasteiger partial charge in [0.1, 0.15) is 11.5 Å². The monoisotopic (exact) mass is 253 g/mol. The quantitative estimate of drug-likeness (QED) is 0.865. The molecule has 0 aliphatic rings. The van der Waals surface area contributed by atoms with Crippen molar-refractivity contribution in [3.8, 4) is 0 Å². The lowest BCUT2D eigenvalue weighted by Gasteiger charge is -2.27. The van der Waals surface area contributed by atoms with Crippen molar-refractivity contribution in [1.29, 1.82) is 0 Å². The van der Waals surface area contributed by atoms with Crippen LogP contribution in [0.5, 0.6) is 0 Å². The summed E-state index contributed by atoms with van der Waals surface area (Å²) in [6.07, 6.45) is 0. The van der Waals surface area contributed by atoms with E-state index in [0.29, 0.717) is 11.3 Å². The summed E-state index contributed by atoms with van der Waals surface area (Å²) >= 11 is 0. The van der Waals surface area contributed by atoms with Gasteiger partial charge >= 0.3 is 0 Å². The lowest BCUT2D eigenvalue weighted by atomic mass is 9.92. The summed E-state index contributed by atoms with van der Waals surface area (Å²) < 4.78 is 5.42. The summed E-state index contributed by atoms with van der Waals surface area (Å²) in [4.78, 5) is 12.1. The molecule has 4 heteroatoms. The third-order valence-electron chi connectivity index (χ3n) is 3.64. The highest BCUT2D eigenvalue weighted by molar-refractivity contribution is 5.96. The summed E-state index contributed by atoms with van der Waals surface area (Å²) in [5.74, 6) is 1.26. The Bertz CT molecular complexity index is 444. The number of carbonyl (C=O) groups is 1. The Balaban J connectivity index is 2.78. The fraction of sp³-hybridized carbons (Fsp3) is 0.643. The SMILES string of the molecule is Cc1oc(C)c(C(=O)NCC(C)(O)C(C)C)c1C. The molecular weight excluding hydrogens is 230 g/mol. The second kappa shape index (κ2) is 5.14. The van der Waals surface area contributed by atoms with Crippen molar-refractivity contribution < 1.29 is 14.3 Å². The predicted octanol–water partition coefficient (Wildman–Crippen LogP) is 2.34. The van der Waals surface area contributed by atoms with Gasteiger partial charge in [-0.1, -0.05) is 13.8 Å². The van der Waals surface area contributed by atoms with E-state index in [4.69, 9.17) is 4.42 Å². The highest BCUT2D eigenvalue weighted by Gasteiger charge is 2.27. The van der Waals surface area contributed by atoms with Crippen LogP contribution in [0.25, 0.3) is 0 Å². The molecule has 0 saturated heterocycles. The normalized spacial score (nSPS) is 14.7. The van der Waals surface area contributed by atoms with Crippen LogP contribution in [0.2, 0.25) is 0 Å². The van der Waals surface area contributed by atoms with Crippen LogP contribution < -0.4 is 5.32 Å². The number of nitrogens with one attached hydrogen (secondary N) is 1. The van der Waals surface area contributed by atoms with Gasteiger partial charge in [0, 0.05) is 12.1 Å². The minimum Gasteiger partial charge on any atom is -0.466 e. The van der Waals surface area contributed by atoms with E-state index < -0.39 is 5.60 Å². The van der Waals surface area contributed by atoms with E-state index in [1.807, 2.05) is 27.7 Å². The van der Waals surface area contributed by atoms with Crippen LogP contribution in [0.1, 0.15) is 48.2 Å². The smallest absolute Gasteiger partial charge is 0.255 e. The number of carbonyl (C=O) groups excluding carboxylic acids is 1. The largest absolute Gasteiger partial charge is 0.466 e. The maximum absolute atomic E-state index is 12.1. The second-order valence-electron chi connectivity index (χ2n) is 5.41. The Hall–Kier alpha value is -1.29. The maximum Gasteiger partial charge on any atom is 0.255 e. The van der Waals surface area contributed by atoms with E-state index >= 15 is 0 Å². The topological polar surface area (TPSA) is 62.5 Å². The molecule has 2 N–H and O–H groups in total. The van der Waals surface area contributed by atoms with Crippen molar-refractivity contribution in [2.24, 2.45) is 5.92 Å². The summed E-state index contributed by atoms with van der Waals surface area (Å²) in [5.41, 5.74) is 0.525. The molecule has 1 heterocycles. The molecule has 0 spiro atoms. The van der Waals surface area contributed by atoms with Crippen molar-refractivity contribution in [2.45, 2.75) is 47.1 Å². The molecule has 0 fully saturated rings. The van der Waals surface area contributed by atoms with Gasteiger partial charge in [0.05, 0.1) is 11.2 Å². The van der Waals surface area contributed by atoms with Crippen LogP contribution in [-0.4, -0.2) is 23.2 Å². The summed E-state index contributed by atoms with van der Waals surface area (Å²) in [6, 6.07) is 0. The van der Waals surface area contributed by atoms with Gasteiger partial charge in [-0.25, -0.2) is 0 Å². The Kier molecular flexibility index (Phi) is 4.22. The first-order valence-electron chi connectivity index (χ1n) is 6.24. The number of rotatable bonds is 4. The zero-order valence-corrected chi connectivity index (χ0v) is 12.0. The van der Waals surface area contributed by atoms with Gasteiger partial charge < -0.3 is 14.8 Å². The molecule has 18 heavy (non-hydrogen) atoms. The highest BCUT2D eigenvalue weighted by atomic mass is 16.3. The minimum absolute atomic E-state index is 0.0751. The van der Waals surface area contributed by atoms with Gasteiger partial charge in [0.15, 0.2) is 0 Å². The number of aliphatic hydroxyl groups is 1. The third kappa shape index (κ3) is 2.93. The summed E-state index contributed by atoms with van der Waals surface area (Å²) in [6.45, 7) is 11.3. The summed E-state index contributed by atoms with van der Waals surface area (Å²) in [5, 5.41) is 12.9. The first-order valence-corrected chi connectivity index (χ1v) is 6.24. The molecule has 0 radical (unpaired) electrons. The van der Waals surface area contributed by atoms with Crippen LogP contribution in [0.3, 0.4) is 0 Å². The average Bonchev–Trinajstić information content (AvgIpc) is 2.50. The second-order valence-corrected chi connectivity index (χ2v) is 5.41. The molecule has 0 saturated carbocycles. The predicted molar refractivity (Wildman–Crippen MR) is 70.7 cm³/mol. The fourth-order valence-corrected chi connectivity index (χ4v) is 1.68. The van der Waals surface area contributed by atoms with E-state index in [9.17, 15) is 9.90 Å². The molecule has 0 aliphatic carbocycles. The van der Waals surface area contributed by atoms with E-state index in [1.165, 1.54) is 0 Å². The molecule has 1 unspecified atom stereocenters. The van der Waals surface area contributed by atoms with Crippen molar-refractivity contribution in [3.05, 3.63) is 22.6 Å². The van der Waals surface area contributed by atoms with Gasteiger partial charge in [-0.3, -0.25) is 4.79 Å². The molecule has 1 atom stereocenters. The zero-order chi connectivity index (χ0) is 14.1. The number of aryl methyl sites for hydroxylation is 2. The maximum atomic E-state index is 12.1. The van der Waals surface area contributed by atoms with Gasteiger partial charge in [-0.05, 0) is 33.6 Å². The third-order valence-corrected chi connectivity index (χ3v) is 3.64. The van der Waals surface area contributed by atoms with E-state index in [-0.39, 0.29) is 18.4 Å². The Morgan fingerprint density at radius 3 is 2.28 bits per heavy atom. The molecule has 0 bridgehead atoms. The van der Waals surface area contributed by atoms with Crippen LogP contribution in [0, 0.1) is 26.7 Å². The van der Waals surface area contributed by atoms with Crippen molar-refractivity contribution >= 4 is 5.91 Å². The molecule has 1 amide bonds. The van der Waals surface area contributed by atoms with E-state index in [1.54, 1.807) is 13.8 Å². The number of furan rings is 1. The van der Waals surface area contributed by atoms with Crippen LogP contribution in [-0.2, 0) is 0 Å². The average molecular weight is 253 g/mol. The minimum atomic E-state index is -0.906. The van der Waals surface area contributed by atoms with E-state index in [2.05, 4.69) is 5.32 Å². The van der Waals surface area contributed by atoms with Gasteiger partial charge in [0.25, 0.3) is 5.91 Å². The zero-order valence-electron chi connectivity index (χ0n) is 12.0.